The summed E-state index contributed by atoms with van der Waals surface area (Å²) in [5.74, 6) is 2.67. The average Bonchev–Trinajstić information content (AvgIpc) is 3.37. The second kappa shape index (κ2) is 11.8. The first-order valence-corrected chi connectivity index (χ1v) is 11.4. The molecule has 4 aromatic rings. The number of carbonyl (C=O) groups excluding carboxylic acids is 1. The molecule has 0 saturated heterocycles. The number of methoxy groups -OCH3 is 4. The van der Waals surface area contributed by atoms with E-state index in [4.69, 9.17) is 18.9 Å². The Bertz CT molecular complexity index is 1360. The van der Waals surface area contributed by atoms with Crippen LogP contribution >= 0.6 is 0 Å². The highest BCUT2D eigenvalue weighted by atomic mass is 16.5. The zero-order valence-electron chi connectivity index (χ0n) is 21.0. The number of hydrogen-bond donors (Lipinski definition) is 2. The van der Waals surface area contributed by atoms with Crippen LogP contribution in [0.15, 0.2) is 60.9 Å². The first kappa shape index (κ1) is 25.3. The molecule has 0 aliphatic rings. The molecule has 0 spiro atoms. The monoisotopic (exact) mass is 504 g/mol. The van der Waals surface area contributed by atoms with E-state index >= 15 is 0 Å². The molecule has 0 saturated carbocycles. The van der Waals surface area contributed by atoms with Gasteiger partial charge in [-0.2, -0.15) is 9.67 Å². The van der Waals surface area contributed by atoms with Gasteiger partial charge in [0.2, 0.25) is 11.9 Å². The minimum absolute atomic E-state index is 0.276. The average molecular weight is 505 g/mol. The van der Waals surface area contributed by atoms with Gasteiger partial charge in [-0.15, -0.1) is 5.10 Å². The second-order valence-corrected chi connectivity index (χ2v) is 7.80. The van der Waals surface area contributed by atoms with Gasteiger partial charge in [-0.25, -0.2) is 0 Å². The minimum Gasteiger partial charge on any atom is -0.493 e. The second-order valence-electron chi connectivity index (χ2n) is 7.80. The van der Waals surface area contributed by atoms with Crippen molar-refractivity contribution in [2.45, 2.75) is 13.1 Å². The van der Waals surface area contributed by atoms with E-state index in [1.54, 1.807) is 46.8 Å². The van der Waals surface area contributed by atoms with Crippen molar-refractivity contribution >= 4 is 17.8 Å². The van der Waals surface area contributed by atoms with Crippen LogP contribution in [0.2, 0.25) is 0 Å². The quantitative estimate of drug-likeness (QED) is 0.313. The molecule has 0 radical (unpaired) electrons. The van der Waals surface area contributed by atoms with Gasteiger partial charge in [0.25, 0.3) is 5.91 Å². The summed E-state index contributed by atoms with van der Waals surface area (Å²) in [6.07, 6.45) is 3.09. The SMILES string of the molecule is COc1ccc(CNc2nc(NCc3ccc(OC)c(OC)c3)n(C(=O)c3cccnc3)n2)cc1OC. The zero-order valence-corrected chi connectivity index (χ0v) is 21.0. The number of rotatable bonds is 11. The lowest BCUT2D eigenvalue weighted by Crippen LogP contribution is -2.18. The third-order valence-electron chi connectivity index (χ3n) is 5.51. The molecule has 11 nitrogen and oxygen atoms in total. The summed E-state index contributed by atoms with van der Waals surface area (Å²) in [6.45, 7) is 0.773. The van der Waals surface area contributed by atoms with Crippen molar-refractivity contribution in [3.8, 4) is 23.0 Å². The Morgan fingerprint density at radius 2 is 1.41 bits per heavy atom. The Kier molecular flexibility index (Phi) is 8.04. The summed E-state index contributed by atoms with van der Waals surface area (Å²) in [6, 6.07) is 14.5. The standard InChI is InChI=1S/C26H28N6O5/c1-34-20-9-7-17(12-22(20)36-3)14-28-25-30-26(32(31-25)24(33)19-6-5-11-27-16-19)29-15-18-8-10-21(35-2)23(13-18)37-4/h5-13,16H,14-15H2,1-4H3,(H2,28,29,30,31). The number of nitrogens with zero attached hydrogens (tertiary/aromatic N) is 4. The molecule has 37 heavy (non-hydrogen) atoms. The smallest absolute Gasteiger partial charge is 0.283 e. The van der Waals surface area contributed by atoms with Gasteiger partial charge in [-0.05, 0) is 47.5 Å². The third kappa shape index (κ3) is 5.89. The van der Waals surface area contributed by atoms with Crippen LogP contribution in [-0.4, -0.2) is 54.1 Å². The van der Waals surface area contributed by atoms with E-state index in [9.17, 15) is 4.79 Å². The highest BCUT2D eigenvalue weighted by Gasteiger charge is 2.18. The highest BCUT2D eigenvalue weighted by molar-refractivity contribution is 5.96. The lowest BCUT2D eigenvalue weighted by molar-refractivity contribution is 0.0947. The molecule has 0 unspecified atom stereocenters. The van der Waals surface area contributed by atoms with Crippen molar-refractivity contribution in [2.24, 2.45) is 0 Å². The predicted molar refractivity (Wildman–Crippen MR) is 138 cm³/mol. The summed E-state index contributed by atoms with van der Waals surface area (Å²) in [5.41, 5.74) is 2.21. The van der Waals surface area contributed by atoms with Crippen LogP contribution in [0.25, 0.3) is 0 Å². The van der Waals surface area contributed by atoms with Gasteiger partial charge in [-0.1, -0.05) is 12.1 Å². The van der Waals surface area contributed by atoms with Gasteiger partial charge >= 0.3 is 0 Å². The van der Waals surface area contributed by atoms with E-state index in [-0.39, 0.29) is 17.8 Å². The molecule has 192 valence electrons. The number of carbonyl (C=O) groups is 1. The fourth-order valence-electron chi connectivity index (χ4n) is 3.60. The van der Waals surface area contributed by atoms with Gasteiger partial charge in [0.1, 0.15) is 0 Å². The molecular weight excluding hydrogens is 476 g/mol. The van der Waals surface area contributed by atoms with Crippen molar-refractivity contribution in [1.29, 1.82) is 0 Å². The number of benzene rings is 2. The largest absolute Gasteiger partial charge is 0.493 e. The third-order valence-corrected chi connectivity index (χ3v) is 5.51. The van der Waals surface area contributed by atoms with Crippen molar-refractivity contribution < 1.29 is 23.7 Å². The van der Waals surface area contributed by atoms with Crippen LogP contribution in [0.4, 0.5) is 11.9 Å². The summed E-state index contributed by atoms with van der Waals surface area (Å²) in [7, 11) is 6.33. The van der Waals surface area contributed by atoms with Crippen LogP contribution in [0.1, 0.15) is 21.5 Å². The molecule has 0 bridgehead atoms. The Hall–Kier alpha value is -4.80. The van der Waals surface area contributed by atoms with Gasteiger partial charge < -0.3 is 29.6 Å². The van der Waals surface area contributed by atoms with Crippen molar-refractivity contribution in [2.75, 3.05) is 39.1 Å². The Labute approximate surface area is 214 Å². The van der Waals surface area contributed by atoms with Crippen LogP contribution < -0.4 is 29.6 Å². The highest BCUT2D eigenvalue weighted by Crippen LogP contribution is 2.29. The van der Waals surface area contributed by atoms with Crippen LogP contribution in [0, 0.1) is 0 Å². The first-order valence-electron chi connectivity index (χ1n) is 11.4. The van der Waals surface area contributed by atoms with Crippen molar-refractivity contribution in [3.05, 3.63) is 77.6 Å². The number of pyridine rings is 1. The molecule has 2 heterocycles. The number of ether oxygens (including phenoxy) is 4. The van der Waals surface area contributed by atoms with Crippen LogP contribution in [0.5, 0.6) is 23.0 Å². The van der Waals surface area contributed by atoms with E-state index in [0.717, 1.165) is 11.1 Å². The van der Waals surface area contributed by atoms with Crippen LogP contribution in [-0.2, 0) is 13.1 Å². The topological polar surface area (TPSA) is 122 Å². The normalized spacial score (nSPS) is 10.5. The lowest BCUT2D eigenvalue weighted by atomic mass is 10.2. The van der Waals surface area contributed by atoms with E-state index < -0.39 is 0 Å². The molecule has 2 aromatic heterocycles. The minimum atomic E-state index is -0.366. The molecule has 2 aromatic carbocycles. The van der Waals surface area contributed by atoms with Gasteiger partial charge in [0, 0.05) is 25.5 Å². The van der Waals surface area contributed by atoms with Gasteiger partial charge in [0.05, 0.1) is 34.0 Å². The lowest BCUT2D eigenvalue weighted by Gasteiger charge is -2.11. The maximum Gasteiger partial charge on any atom is 0.283 e. The Morgan fingerprint density at radius 1 is 0.811 bits per heavy atom. The molecule has 2 N–H and O–H groups in total. The fourth-order valence-corrected chi connectivity index (χ4v) is 3.60. The van der Waals surface area contributed by atoms with E-state index in [1.807, 2.05) is 36.4 Å². The first-order chi connectivity index (χ1) is 18.1. The number of nitrogens with one attached hydrogen (secondary N) is 2. The maximum atomic E-state index is 13.2. The molecule has 0 aliphatic heterocycles. The Balaban J connectivity index is 1.56. The molecule has 0 fully saturated rings. The summed E-state index contributed by atoms with van der Waals surface area (Å²) in [5, 5.41) is 10.8. The number of aromatic nitrogens is 4. The van der Waals surface area contributed by atoms with Gasteiger partial charge in [-0.3, -0.25) is 9.78 Å². The maximum absolute atomic E-state index is 13.2. The molecular formula is C26H28N6O5. The number of hydrogen-bond acceptors (Lipinski definition) is 10. The van der Waals surface area contributed by atoms with E-state index in [0.29, 0.717) is 41.7 Å². The Morgan fingerprint density at radius 3 is 1.95 bits per heavy atom. The number of anilines is 2. The molecule has 11 heteroatoms. The van der Waals surface area contributed by atoms with Gasteiger partial charge in [0.15, 0.2) is 23.0 Å². The molecule has 0 atom stereocenters. The summed E-state index contributed by atoms with van der Waals surface area (Å²) in [4.78, 5) is 21.7. The summed E-state index contributed by atoms with van der Waals surface area (Å²) >= 11 is 0. The van der Waals surface area contributed by atoms with Crippen LogP contribution in [0.3, 0.4) is 0 Å². The van der Waals surface area contributed by atoms with E-state index in [1.165, 1.54) is 10.9 Å². The molecule has 0 amide bonds. The molecule has 4 rings (SSSR count). The van der Waals surface area contributed by atoms with Crippen molar-refractivity contribution in [3.63, 3.8) is 0 Å². The zero-order chi connectivity index (χ0) is 26.2. The predicted octanol–water partition coefficient (Wildman–Crippen LogP) is 3.62. The van der Waals surface area contributed by atoms with Crippen molar-refractivity contribution in [1.82, 2.24) is 19.7 Å². The summed E-state index contributed by atoms with van der Waals surface area (Å²) < 4.78 is 22.6. The molecule has 0 aliphatic carbocycles. The fraction of sp³-hybridized carbons (Fsp3) is 0.231. The van der Waals surface area contributed by atoms with E-state index in [2.05, 4.69) is 25.7 Å².